The second kappa shape index (κ2) is 5.04. The molecule has 0 fully saturated rings. The summed E-state index contributed by atoms with van der Waals surface area (Å²) in [6.07, 6.45) is 1.43. The Morgan fingerprint density at radius 1 is 1.53 bits per heavy atom. The molecular formula is C9H11N3O3. The lowest BCUT2D eigenvalue weighted by Crippen LogP contribution is -2.27. The summed E-state index contributed by atoms with van der Waals surface area (Å²) in [4.78, 5) is 21.6. The van der Waals surface area contributed by atoms with Crippen molar-refractivity contribution >= 4 is 11.9 Å². The van der Waals surface area contributed by atoms with Gasteiger partial charge in [0.25, 0.3) is 5.91 Å². The van der Waals surface area contributed by atoms with E-state index in [1.165, 1.54) is 6.20 Å². The zero-order chi connectivity index (χ0) is 11.3. The van der Waals surface area contributed by atoms with E-state index in [0.717, 1.165) is 5.56 Å². The molecule has 0 aliphatic rings. The molecule has 80 valence electrons. The van der Waals surface area contributed by atoms with Crippen LogP contribution in [-0.4, -0.2) is 33.7 Å². The molecule has 1 aromatic heterocycles. The lowest BCUT2D eigenvalue weighted by atomic mass is 10.3. The maximum atomic E-state index is 11.4. The number of nitrogens with one attached hydrogen (secondary N) is 1. The van der Waals surface area contributed by atoms with Crippen LogP contribution in [0, 0.1) is 6.92 Å². The van der Waals surface area contributed by atoms with Gasteiger partial charge in [-0.15, -0.1) is 5.10 Å². The van der Waals surface area contributed by atoms with Crippen molar-refractivity contribution in [2.24, 2.45) is 0 Å². The largest absolute Gasteiger partial charge is 0.481 e. The monoisotopic (exact) mass is 209 g/mol. The summed E-state index contributed by atoms with van der Waals surface area (Å²) >= 11 is 0. The smallest absolute Gasteiger partial charge is 0.305 e. The van der Waals surface area contributed by atoms with E-state index < -0.39 is 11.9 Å². The molecule has 0 aliphatic heterocycles. The average molecular weight is 209 g/mol. The zero-order valence-corrected chi connectivity index (χ0v) is 8.23. The highest BCUT2D eigenvalue weighted by molar-refractivity contribution is 5.92. The molecule has 0 saturated carbocycles. The average Bonchev–Trinajstić information content (AvgIpc) is 2.17. The van der Waals surface area contributed by atoms with Crippen molar-refractivity contribution in [1.29, 1.82) is 0 Å². The van der Waals surface area contributed by atoms with Gasteiger partial charge in [0.05, 0.1) is 12.6 Å². The highest BCUT2D eigenvalue weighted by atomic mass is 16.4. The normalized spacial score (nSPS) is 9.67. The van der Waals surface area contributed by atoms with Gasteiger partial charge in [-0.25, -0.2) is 0 Å². The van der Waals surface area contributed by atoms with Gasteiger partial charge in [0.1, 0.15) is 0 Å². The predicted octanol–water partition coefficient (Wildman–Crippen LogP) is -0.0105. The maximum Gasteiger partial charge on any atom is 0.305 e. The number of amides is 1. The molecule has 0 bridgehead atoms. The number of hydrogen-bond donors (Lipinski definition) is 2. The molecule has 0 atom stereocenters. The van der Waals surface area contributed by atoms with Gasteiger partial charge in [-0.2, -0.15) is 5.10 Å². The molecule has 1 heterocycles. The molecule has 0 spiro atoms. The Labute approximate surface area is 86.3 Å². The van der Waals surface area contributed by atoms with Crippen LogP contribution in [0.2, 0.25) is 0 Å². The number of aromatic nitrogens is 2. The van der Waals surface area contributed by atoms with Gasteiger partial charge in [0.2, 0.25) is 0 Å². The van der Waals surface area contributed by atoms with E-state index in [0.29, 0.717) is 0 Å². The molecule has 1 aromatic rings. The lowest BCUT2D eigenvalue weighted by molar-refractivity contribution is -0.136. The first kappa shape index (κ1) is 11.1. The van der Waals surface area contributed by atoms with Crippen molar-refractivity contribution in [3.8, 4) is 0 Å². The summed E-state index contributed by atoms with van der Waals surface area (Å²) in [5.74, 6) is -1.36. The molecule has 15 heavy (non-hydrogen) atoms. The molecule has 0 aromatic carbocycles. The highest BCUT2D eigenvalue weighted by Crippen LogP contribution is 1.97. The van der Waals surface area contributed by atoms with Crippen molar-refractivity contribution in [3.05, 3.63) is 23.5 Å². The van der Waals surface area contributed by atoms with Crippen LogP contribution in [-0.2, 0) is 4.79 Å². The van der Waals surface area contributed by atoms with Crippen LogP contribution in [0.4, 0.5) is 0 Å². The van der Waals surface area contributed by atoms with Crippen LogP contribution < -0.4 is 5.32 Å². The first-order valence-electron chi connectivity index (χ1n) is 4.39. The predicted molar refractivity (Wildman–Crippen MR) is 51.4 cm³/mol. The summed E-state index contributed by atoms with van der Waals surface area (Å²) in [5, 5.41) is 18.0. The third-order valence-corrected chi connectivity index (χ3v) is 1.65. The number of hydrogen-bond acceptors (Lipinski definition) is 4. The summed E-state index contributed by atoms with van der Waals surface area (Å²) in [7, 11) is 0. The third kappa shape index (κ3) is 3.72. The van der Waals surface area contributed by atoms with Crippen LogP contribution in [0.25, 0.3) is 0 Å². The molecule has 0 saturated heterocycles. The van der Waals surface area contributed by atoms with Gasteiger partial charge in [-0.05, 0) is 18.6 Å². The minimum absolute atomic E-state index is 0.0871. The second-order valence-electron chi connectivity index (χ2n) is 3.02. The van der Waals surface area contributed by atoms with Crippen LogP contribution in [0.3, 0.4) is 0 Å². The Morgan fingerprint density at radius 2 is 2.27 bits per heavy atom. The standard InChI is InChI=1S/C9H11N3O3/c1-6-4-7(12-11-5-6)9(15)10-3-2-8(13)14/h4-5H,2-3H2,1H3,(H,10,15)(H,13,14). The molecule has 1 rings (SSSR count). The Balaban J connectivity index is 2.50. The number of carboxylic acid groups (broad SMARTS) is 1. The number of carbonyl (C=O) groups is 2. The summed E-state index contributed by atoms with van der Waals surface area (Å²) in [6, 6.07) is 1.59. The van der Waals surface area contributed by atoms with E-state index in [9.17, 15) is 9.59 Å². The van der Waals surface area contributed by atoms with Gasteiger partial charge in [0.15, 0.2) is 5.69 Å². The first-order valence-corrected chi connectivity index (χ1v) is 4.39. The molecule has 0 unspecified atom stereocenters. The van der Waals surface area contributed by atoms with E-state index in [-0.39, 0.29) is 18.7 Å². The van der Waals surface area contributed by atoms with Gasteiger partial charge in [0, 0.05) is 6.54 Å². The number of aliphatic carboxylic acids is 1. The molecular weight excluding hydrogens is 198 g/mol. The molecule has 6 heteroatoms. The Morgan fingerprint density at radius 3 is 2.87 bits per heavy atom. The van der Waals surface area contributed by atoms with E-state index in [1.807, 2.05) is 0 Å². The van der Waals surface area contributed by atoms with Crippen molar-refractivity contribution in [2.75, 3.05) is 6.54 Å². The quantitative estimate of drug-likeness (QED) is 0.727. The van der Waals surface area contributed by atoms with Crippen LogP contribution in [0.1, 0.15) is 22.5 Å². The van der Waals surface area contributed by atoms with Crippen molar-refractivity contribution in [1.82, 2.24) is 15.5 Å². The van der Waals surface area contributed by atoms with Crippen LogP contribution >= 0.6 is 0 Å². The van der Waals surface area contributed by atoms with Gasteiger partial charge < -0.3 is 10.4 Å². The van der Waals surface area contributed by atoms with Crippen LogP contribution in [0.5, 0.6) is 0 Å². The maximum absolute atomic E-state index is 11.4. The minimum Gasteiger partial charge on any atom is -0.481 e. The zero-order valence-electron chi connectivity index (χ0n) is 8.23. The Kier molecular flexibility index (Phi) is 3.73. The topological polar surface area (TPSA) is 92.2 Å². The summed E-state index contributed by atoms with van der Waals surface area (Å²) in [6.45, 7) is 1.88. The van der Waals surface area contributed by atoms with E-state index >= 15 is 0 Å². The fourth-order valence-corrected chi connectivity index (χ4v) is 0.948. The lowest BCUT2D eigenvalue weighted by Gasteiger charge is -2.02. The van der Waals surface area contributed by atoms with E-state index in [2.05, 4.69) is 15.5 Å². The van der Waals surface area contributed by atoms with E-state index in [4.69, 9.17) is 5.11 Å². The van der Waals surface area contributed by atoms with Crippen molar-refractivity contribution in [3.63, 3.8) is 0 Å². The third-order valence-electron chi connectivity index (χ3n) is 1.65. The molecule has 6 nitrogen and oxygen atoms in total. The number of carbonyl (C=O) groups excluding carboxylic acids is 1. The number of rotatable bonds is 4. The van der Waals surface area contributed by atoms with Crippen molar-refractivity contribution < 1.29 is 14.7 Å². The Bertz CT molecular complexity index is 379. The van der Waals surface area contributed by atoms with Gasteiger partial charge in [-0.3, -0.25) is 9.59 Å². The number of nitrogens with zero attached hydrogens (tertiary/aromatic N) is 2. The fraction of sp³-hybridized carbons (Fsp3) is 0.333. The Hall–Kier alpha value is -1.98. The number of aryl methyl sites for hydroxylation is 1. The number of carboxylic acids is 1. The van der Waals surface area contributed by atoms with Crippen molar-refractivity contribution in [2.45, 2.75) is 13.3 Å². The highest BCUT2D eigenvalue weighted by Gasteiger charge is 2.07. The molecule has 0 radical (unpaired) electrons. The fourth-order valence-electron chi connectivity index (χ4n) is 0.948. The molecule has 1 amide bonds. The molecule has 2 N–H and O–H groups in total. The minimum atomic E-state index is -0.953. The second-order valence-corrected chi connectivity index (χ2v) is 3.02. The summed E-state index contributed by atoms with van der Waals surface area (Å²) in [5.41, 5.74) is 1.02. The van der Waals surface area contributed by atoms with Gasteiger partial charge in [-0.1, -0.05) is 0 Å². The van der Waals surface area contributed by atoms with Crippen LogP contribution in [0.15, 0.2) is 12.3 Å². The first-order chi connectivity index (χ1) is 7.09. The van der Waals surface area contributed by atoms with Gasteiger partial charge >= 0.3 is 5.97 Å². The van der Waals surface area contributed by atoms with E-state index in [1.54, 1.807) is 13.0 Å². The summed E-state index contributed by atoms with van der Waals surface area (Å²) < 4.78 is 0. The SMILES string of the molecule is Cc1cnnc(C(=O)NCCC(=O)O)c1. The molecule has 0 aliphatic carbocycles.